The van der Waals surface area contributed by atoms with Gasteiger partial charge in [-0.3, -0.25) is 4.79 Å². The largest absolute Gasteiger partial charge is 0.497 e. The van der Waals surface area contributed by atoms with Crippen LogP contribution >= 0.6 is 11.3 Å². The number of rotatable bonds is 4. The van der Waals surface area contributed by atoms with Crippen molar-refractivity contribution in [1.82, 2.24) is 0 Å². The summed E-state index contributed by atoms with van der Waals surface area (Å²) in [6.45, 7) is 1.96. The Balaban J connectivity index is 2.14. The molecule has 2 nitrogen and oxygen atoms in total. The molecule has 0 N–H and O–H groups in total. The van der Waals surface area contributed by atoms with Crippen LogP contribution < -0.4 is 4.74 Å². The van der Waals surface area contributed by atoms with Gasteiger partial charge in [-0.25, -0.2) is 0 Å². The van der Waals surface area contributed by atoms with Crippen molar-refractivity contribution in [3.05, 3.63) is 70.6 Å². The average molecular weight is 308 g/mol. The molecule has 3 rings (SSSR count). The third kappa shape index (κ3) is 2.55. The molecule has 3 heteroatoms. The summed E-state index contributed by atoms with van der Waals surface area (Å²) in [7, 11) is 1.62. The number of carbonyl (C=O) groups excluding carboxylic acids is 1. The van der Waals surface area contributed by atoms with Crippen LogP contribution in [0.5, 0.6) is 5.75 Å². The van der Waals surface area contributed by atoms with Gasteiger partial charge in [-0.05, 0) is 43.3 Å². The number of allylic oxidation sites excluding steroid dienone is 1. The predicted molar refractivity (Wildman–Crippen MR) is 93.0 cm³/mol. The fourth-order valence-corrected chi connectivity index (χ4v) is 3.63. The van der Waals surface area contributed by atoms with Gasteiger partial charge in [0.25, 0.3) is 0 Å². The highest BCUT2D eigenvalue weighted by Gasteiger charge is 2.18. The quantitative estimate of drug-likeness (QED) is 0.621. The molecule has 110 valence electrons. The van der Waals surface area contributed by atoms with Gasteiger partial charge in [-0.15, -0.1) is 11.3 Å². The second-order valence-electron chi connectivity index (χ2n) is 4.90. The van der Waals surface area contributed by atoms with Crippen LogP contribution in [0, 0.1) is 0 Å². The van der Waals surface area contributed by atoms with Gasteiger partial charge in [0.05, 0.1) is 7.11 Å². The molecule has 0 radical (unpaired) electrons. The molecular formula is C19H16O2S. The van der Waals surface area contributed by atoms with Crippen molar-refractivity contribution in [1.29, 1.82) is 0 Å². The first-order valence-corrected chi connectivity index (χ1v) is 7.89. The molecule has 0 unspecified atom stereocenters. The lowest BCUT2D eigenvalue weighted by molar-refractivity contribution is 0.104. The van der Waals surface area contributed by atoms with E-state index in [0.29, 0.717) is 5.56 Å². The first kappa shape index (κ1) is 14.5. The zero-order valence-electron chi connectivity index (χ0n) is 12.5. The summed E-state index contributed by atoms with van der Waals surface area (Å²) < 4.78 is 6.28. The summed E-state index contributed by atoms with van der Waals surface area (Å²) in [5.41, 5.74) is 1.46. The minimum atomic E-state index is 0.0493. The molecule has 0 aliphatic rings. The van der Waals surface area contributed by atoms with E-state index < -0.39 is 0 Å². The van der Waals surface area contributed by atoms with Gasteiger partial charge >= 0.3 is 0 Å². The summed E-state index contributed by atoms with van der Waals surface area (Å²) in [4.78, 5) is 14.0. The van der Waals surface area contributed by atoms with Crippen molar-refractivity contribution in [2.75, 3.05) is 7.11 Å². The highest BCUT2D eigenvalue weighted by molar-refractivity contribution is 7.20. The second-order valence-corrected chi connectivity index (χ2v) is 5.98. The van der Waals surface area contributed by atoms with E-state index in [2.05, 4.69) is 6.07 Å². The van der Waals surface area contributed by atoms with E-state index in [1.807, 2.05) is 61.5 Å². The highest BCUT2D eigenvalue weighted by atomic mass is 32.1. The molecule has 1 aromatic heterocycles. The zero-order valence-corrected chi connectivity index (χ0v) is 13.3. The van der Waals surface area contributed by atoms with E-state index in [1.165, 1.54) is 0 Å². The lowest BCUT2D eigenvalue weighted by atomic mass is 10.00. The molecular weight excluding hydrogens is 292 g/mol. The maximum Gasteiger partial charge on any atom is 0.195 e. The molecule has 0 bridgehead atoms. The molecule has 3 aromatic rings. The van der Waals surface area contributed by atoms with Crippen molar-refractivity contribution in [3.63, 3.8) is 0 Å². The van der Waals surface area contributed by atoms with Crippen LogP contribution in [0.1, 0.15) is 27.7 Å². The topological polar surface area (TPSA) is 26.3 Å². The molecule has 0 amide bonds. The minimum Gasteiger partial charge on any atom is -0.497 e. The first-order valence-electron chi connectivity index (χ1n) is 7.07. The molecule has 22 heavy (non-hydrogen) atoms. The molecule has 1 heterocycles. The number of fused-ring (bicyclic) bond motifs is 1. The third-order valence-electron chi connectivity index (χ3n) is 3.52. The van der Waals surface area contributed by atoms with Crippen molar-refractivity contribution < 1.29 is 9.53 Å². The van der Waals surface area contributed by atoms with E-state index in [4.69, 9.17) is 4.74 Å². The normalized spacial score (nSPS) is 11.2. The molecule has 2 aromatic carbocycles. The Morgan fingerprint density at radius 2 is 1.82 bits per heavy atom. The predicted octanol–water partition coefficient (Wildman–Crippen LogP) is 5.17. The number of hydrogen-bond donors (Lipinski definition) is 0. The maximum absolute atomic E-state index is 12.9. The van der Waals surface area contributed by atoms with Crippen molar-refractivity contribution in [3.8, 4) is 5.75 Å². The van der Waals surface area contributed by atoms with E-state index in [0.717, 1.165) is 26.3 Å². The second kappa shape index (κ2) is 6.16. The van der Waals surface area contributed by atoms with Crippen LogP contribution in [0.4, 0.5) is 0 Å². The van der Waals surface area contributed by atoms with E-state index in [-0.39, 0.29) is 5.78 Å². The molecule has 0 aliphatic carbocycles. The Labute approximate surface area is 133 Å². The summed E-state index contributed by atoms with van der Waals surface area (Å²) in [5.74, 6) is 0.800. The Bertz CT molecular complexity index is 842. The number of benzene rings is 2. The fraction of sp³-hybridized carbons (Fsp3) is 0.105. The standard InChI is InChI=1S/C19H16O2S/c1-3-6-17-18(15-7-4-5-8-16(15)22-17)19(20)13-9-11-14(21-2)12-10-13/h3-12H,1-2H3. The van der Waals surface area contributed by atoms with Crippen LogP contribution in [0.2, 0.25) is 0 Å². The Hall–Kier alpha value is -2.39. The molecule has 0 saturated heterocycles. The first-order chi connectivity index (χ1) is 10.7. The fourth-order valence-electron chi connectivity index (χ4n) is 2.45. The molecule has 0 atom stereocenters. The average Bonchev–Trinajstić information content (AvgIpc) is 2.92. The Morgan fingerprint density at radius 1 is 1.09 bits per heavy atom. The number of ether oxygens (including phenoxy) is 1. The molecule has 0 fully saturated rings. The lowest BCUT2D eigenvalue weighted by Crippen LogP contribution is -2.02. The number of hydrogen-bond acceptors (Lipinski definition) is 3. The Kier molecular flexibility index (Phi) is 4.07. The van der Waals surface area contributed by atoms with Gasteiger partial charge in [0, 0.05) is 26.1 Å². The van der Waals surface area contributed by atoms with E-state index in [9.17, 15) is 4.79 Å². The molecule has 0 saturated carbocycles. The van der Waals surface area contributed by atoms with Crippen molar-refractivity contribution in [2.45, 2.75) is 6.92 Å². The summed E-state index contributed by atoms with van der Waals surface area (Å²) >= 11 is 1.65. The van der Waals surface area contributed by atoms with Gasteiger partial charge in [0.2, 0.25) is 0 Å². The smallest absolute Gasteiger partial charge is 0.195 e. The molecule has 0 aliphatic heterocycles. The number of methoxy groups -OCH3 is 1. The lowest BCUT2D eigenvalue weighted by Gasteiger charge is -2.04. The van der Waals surface area contributed by atoms with Gasteiger partial charge in [0.15, 0.2) is 5.78 Å². The number of thiophene rings is 1. The summed E-state index contributed by atoms with van der Waals surface area (Å²) in [6.07, 6.45) is 3.97. The van der Waals surface area contributed by atoms with Gasteiger partial charge in [-0.2, -0.15) is 0 Å². The number of ketones is 1. The van der Waals surface area contributed by atoms with E-state index >= 15 is 0 Å². The van der Waals surface area contributed by atoms with Gasteiger partial charge in [0.1, 0.15) is 5.75 Å². The van der Waals surface area contributed by atoms with Crippen molar-refractivity contribution in [2.24, 2.45) is 0 Å². The number of carbonyl (C=O) groups is 1. The van der Waals surface area contributed by atoms with Crippen LogP contribution in [-0.2, 0) is 0 Å². The third-order valence-corrected chi connectivity index (χ3v) is 4.66. The van der Waals surface area contributed by atoms with E-state index in [1.54, 1.807) is 18.4 Å². The minimum absolute atomic E-state index is 0.0493. The van der Waals surface area contributed by atoms with Crippen LogP contribution in [0.15, 0.2) is 54.6 Å². The summed E-state index contributed by atoms with van der Waals surface area (Å²) in [6, 6.07) is 15.3. The van der Waals surface area contributed by atoms with Crippen molar-refractivity contribution >= 4 is 33.3 Å². The zero-order chi connectivity index (χ0) is 15.5. The molecule has 0 spiro atoms. The monoisotopic (exact) mass is 308 g/mol. The van der Waals surface area contributed by atoms with Crippen LogP contribution in [-0.4, -0.2) is 12.9 Å². The SMILES string of the molecule is CC=Cc1sc2ccccc2c1C(=O)c1ccc(OC)cc1. The van der Waals surface area contributed by atoms with Crippen LogP contribution in [0.25, 0.3) is 16.2 Å². The van der Waals surface area contributed by atoms with Crippen LogP contribution in [0.3, 0.4) is 0 Å². The highest BCUT2D eigenvalue weighted by Crippen LogP contribution is 2.34. The maximum atomic E-state index is 12.9. The van der Waals surface area contributed by atoms with Gasteiger partial charge < -0.3 is 4.74 Å². The van der Waals surface area contributed by atoms with Gasteiger partial charge in [-0.1, -0.05) is 24.3 Å². The Morgan fingerprint density at radius 3 is 2.50 bits per heavy atom. The summed E-state index contributed by atoms with van der Waals surface area (Å²) in [5, 5.41) is 1.02.